The van der Waals surface area contributed by atoms with Gasteiger partial charge in [-0.05, 0) is 29.8 Å². The van der Waals surface area contributed by atoms with Crippen molar-refractivity contribution in [3.63, 3.8) is 0 Å². The van der Waals surface area contributed by atoms with Crippen LogP contribution in [0.1, 0.15) is 12.5 Å². The van der Waals surface area contributed by atoms with Gasteiger partial charge in [0.05, 0.1) is 17.8 Å². The van der Waals surface area contributed by atoms with Crippen molar-refractivity contribution < 1.29 is 4.74 Å². The first-order valence-electron chi connectivity index (χ1n) is 6.11. The van der Waals surface area contributed by atoms with Gasteiger partial charge in [0.25, 0.3) is 0 Å². The molecule has 1 atom stereocenters. The van der Waals surface area contributed by atoms with E-state index in [0.717, 1.165) is 22.2 Å². The van der Waals surface area contributed by atoms with Crippen molar-refractivity contribution in [1.82, 2.24) is 9.78 Å². The van der Waals surface area contributed by atoms with Crippen molar-refractivity contribution in [2.24, 2.45) is 5.11 Å². The van der Waals surface area contributed by atoms with E-state index in [1.807, 2.05) is 36.0 Å². The minimum atomic E-state index is -0.141. The van der Waals surface area contributed by atoms with Crippen LogP contribution in [0.25, 0.3) is 27.4 Å². The summed E-state index contributed by atoms with van der Waals surface area (Å²) in [5.74, 6) is 0.869. The van der Waals surface area contributed by atoms with Crippen LogP contribution < -0.4 is 4.74 Å². The molecule has 0 amide bonds. The largest absolute Gasteiger partial charge is 0.489 e. The summed E-state index contributed by atoms with van der Waals surface area (Å²) in [6.07, 6.45) is 5.86. The highest BCUT2D eigenvalue weighted by Crippen LogP contribution is 2.31. The fourth-order valence-electron chi connectivity index (χ4n) is 2.29. The van der Waals surface area contributed by atoms with E-state index in [0.29, 0.717) is 13.2 Å². The third-order valence-corrected chi connectivity index (χ3v) is 3.11. The SMILES string of the molecule is CC(Cn1ncc2ccc3c(c21)C=CCO3)N=[N+]=[N-]. The molecule has 0 saturated heterocycles. The average molecular weight is 255 g/mol. The first kappa shape index (κ1) is 11.6. The zero-order chi connectivity index (χ0) is 13.2. The van der Waals surface area contributed by atoms with Gasteiger partial charge in [-0.3, -0.25) is 4.68 Å². The lowest BCUT2D eigenvalue weighted by Gasteiger charge is -2.15. The van der Waals surface area contributed by atoms with E-state index in [-0.39, 0.29) is 6.04 Å². The number of hydrogen-bond acceptors (Lipinski definition) is 3. The Bertz CT molecular complexity index is 696. The van der Waals surface area contributed by atoms with Crippen LogP contribution in [0, 0.1) is 0 Å². The van der Waals surface area contributed by atoms with Crippen LogP contribution in [0.4, 0.5) is 0 Å². The Morgan fingerprint density at radius 2 is 2.47 bits per heavy atom. The molecule has 2 heterocycles. The molecule has 1 aliphatic heterocycles. The molecule has 0 bridgehead atoms. The van der Waals surface area contributed by atoms with Gasteiger partial charge in [-0.2, -0.15) is 5.10 Å². The van der Waals surface area contributed by atoms with E-state index in [1.165, 1.54) is 0 Å². The molecule has 6 nitrogen and oxygen atoms in total. The minimum absolute atomic E-state index is 0.141. The fraction of sp³-hybridized carbons (Fsp3) is 0.308. The standard InChI is InChI=1S/C13H13N5O/c1-9(16-17-14)8-18-13-10(7-15-18)4-5-12-11(13)3-2-6-19-12/h2-5,7,9H,6,8H2,1H3. The highest BCUT2D eigenvalue weighted by molar-refractivity contribution is 5.90. The van der Waals surface area contributed by atoms with Gasteiger partial charge in [0, 0.05) is 22.4 Å². The molecule has 1 unspecified atom stereocenters. The van der Waals surface area contributed by atoms with Crippen LogP contribution in [-0.2, 0) is 6.54 Å². The smallest absolute Gasteiger partial charge is 0.129 e. The molecule has 96 valence electrons. The summed E-state index contributed by atoms with van der Waals surface area (Å²) in [4.78, 5) is 2.83. The topological polar surface area (TPSA) is 75.8 Å². The second-order valence-corrected chi connectivity index (χ2v) is 4.51. The van der Waals surface area contributed by atoms with E-state index in [2.05, 4.69) is 21.2 Å². The molecule has 1 aliphatic rings. The maximum Gasteiger partial charge on any atom is 0.129 e. The summed E-state index contributed by atoms with van der Waals surface area (Å²) in [6.45, 7) is 3.02. The minimum Gasteiger partial charge on any atom is -0.489 e. The predicted molar refractivity (Wildman–Crippen MR) is 72.9 cm³/mol. The summed E-state index contributed by atoms with van der Waals surface area (Å²) in [5.41, 5.74) is 10.5. The summed E-state index contributed by atoms with van der Waals surface area (Å²) >= 11 is 0. The van der Waals surface area contributed by atoms with Gasteiger partial charge in [0.1, 0.15) is 12.4 Å². The highest BCUT2D eigenvalue weighted by atomic mass is 16.5. The molecule has 1 aromatic heterocycles. The van der Waals surface area contributed by atoms with Gasteiger partial charge in [0.2, 0.25) is 0 Å². The molecule has 0 radical (unpaired) electrons. The first-order valence-corrected chi connectivity index (χ1v) is 6.11. The number of ether oxygens (including phenoxy) is 1. The number of azide groups is 1. The van der Waals surface area contributed by atoms with Crippen LogP contribution in [0.15, 0.2) is 29.5 Å². The number of rotatable bonds is 3. The van der Waals surface area contributed by atoms with E-state index in [4.69, 9.17) is 10.3 Å². The third kappa shape index (κ3) is 2.02. The Kier molecular flexibility index (Phi) is 2.85. The van der Waals surface area contributed by atoms with Gasteiger partial charge in [0.15, 0.2) is 0 Å². The van der Waals surface area contributed by atoms with Crippen molar-refractivity contribution in [1.29, 1.82) is 0 Å². The van der Waals surface area contributed by atoms with Crippen molar-refractivity contribution in [3.8, 4) is 5.75 Å². The van der Waals surface area contributed by atoms with Gasteiger partial charge >= 0.3 is 0 Å². The predicted octanol–water partition coefficient (Wildman–Crippen LogP) is 3.14. The molecule has 0 saturated carbocycles. The number of nitrogens with zero attached hydrogens (tertiary/aromatic N) is 5. The zero-order valence-electron chi connectivity index (χ0n) is 10.5. The summed E-state index contributed by atoms with van der Waals surface area (Å²) in [7, 11) is 0. The molecular formula is C13H13N5O. The molecule has 1 aromatic carbocycles. The number of hydrogen-bond donors (Lipinski definition) is 0. The van der Waals surface area contributed by atoms with Crippen LogP contribution in [0.5, 0.6) is 5.75 Å². The molecule has 0 N–H and O–H groups in total. The summed E-state index contributed by atoms with van der Waals surface area (Å²) in [5, 5.41) is 9.12. The molecule has 0 spiro atoms. The Morgan fingerprint density at radius 3 is 3.32 bits per heavy atom. The van der Waals surface area contributed by atoms with Crippen molar-refractivity contribution in [2.45, 2.75) is 19.5 Å². The highest BCUT2D eigenvalue weighted by Gasteiger charge is 2.14. The second kappa shape index (κ2) is 4.66. The Hall–Kier alpha value is -2.46. The van der Waals surface area contributed by atoms with Crippen LogP contribution in [0.3, 0.4) is 0 Å². The van der Waals surface area contributed by atoms with Crippen molar-refractivity contribution in [3.05, 3.63) is 40.4 Å². The quantitative estimate of drug-likeness (QED) is 0.480. The normalized spacial score (nSPS) is 14.6. The number of benzene rings is 1. The van der Waals surface area contributed by atoms with Crippen molar-refractivity contribution in [2.75, 3.05) is 6.61 Å². The Balaban J connectivity index is 2.11. The monoisotopic (exact) mass is 255 g/mol. The fourth-order valence-corrected chi connectivity index (χ4v) is 2.29. The van der Waals surface area contributed by atoms with E-state index in [1.54, 1.807) is 0 Å². The maximum atomic E-state index is 8.47. The van der Waals surface area contributed by atoms with E-state index >= 15 is 0 Å². The summed E-state index contributed by atoms with van der Waals surface area (Å²) < 4.78 is 7.47. The average Bonchev–Trinajstić information content (AvgIpc) is 2.82. The number of fused-ring (bicyclic) bond motifs is 3. The second-order valence-electron chi connectivity index (χ2n) is 4.51. The molecule has 19 heavy (non-hydrogen) atoms. The van der Waals surface area contributed by atoms with Gasteiger partial charge in [-0.15, -0.1) is 0 Å². The van der Waals surface area contributed by atoms with Gasteiger partial charge in [-0.1, -0.05) is 12.0 Å². The maximum absolute atomic E-state index is 8.47. The van der Waals surface area contributed by atoms with Crippen LogP contribution in [0.2, 0.25) is 0 Å². The molecule has 0 aliphatic carbocycles. The Morgan fingerprint density at radius 1 is 1.58 bits per heavy atom. The zero-order valence-corrected chi connectivity index (χ0v) is 10.5. The lowest BCUT2D eigenvalue weighted by Crippen LogP contribution is -2.12. The van der Waals surface area contributed by atoms with Crippen molar-refractivity contribution >= 4 is 17.0 Å². The molecule has 0 fully saturated rings. The molecule has 3 rings (SSSR count). The molecule has 2 aromatic rings. The van der Waals surface area contributed by atoms with Crippen LogP contribution in [-0.4, -0.2) is 22.4 Å². The van der Waals surface area contributed by atoms with E-state index in [9.17, 15) is 0 Å². The number of aromatic nitrogens is 2. The Labute approximate surface area is 109 Å². The van der Waals surface area contributed by atoms with Crippen LogP contribution >= 0.6 is 0 Å². The third-order valence-electron chi connectivity index (χ3n) is 3.11. The summed E-state index contributed by atoms with van der Waals surface area (Å²) in [6, 6.07) is 3.82. The van der Waals surface area contributed by atoms with Gasteiger partial charge in [-0.25, -0.2) is 0 Å². The molecular weight excluding hydrogens is 242 g/mol. The lowest BCUT2D eigenvalue weighted by atomic mass is 10.1. The molecule has 6 heteroatoms. The first-order chi connectivity index (χ1) is 9.29. The van der Waals surface area contributed by atoms with E-state index < -0.39 is 0 Å². The van der Waals surface area contributed by atoms with Gasteiger partial charge < -0.3 is 4.74 Å². The lowest BCUT2D eigenvalue weighted by molar-refractivity contribution is 0.359.